The van der Waals surface area contributed by atoms with Crippen LogP contribution in [-0.4, -0.2) is 50.8 Å². The number of anilines is 1. The molecule has 1 saturated heterocycles. The molecular weight excluding hydrogens is 345 g/mol. The highest BCUT2D eigenvalue weighted by Crippen LogP contribution is 2.18. The summed E-state index contributed by atoms with van der Waals surface area (Å²) in [6, 6.07) is 10.8. The van der Waals surface area contributed by atoms with E-state index < -0.39 is 0 Å². The predicted octanol–water partition coefficient (Wildman–Crippen LogP) is 1.96. The molecule has 0 atom stereocenters. The number of ether oxygens (including phenoxy) is 1. The summed E-state index contributed by atoms with van der Waals surface area (Å²) in [5.74, 6) is 1.49. The zero-order valence-corrected chi connectivity index (χ0v) is 15.6. The van der Waals surface area contributed by atoms with Crippen LogP contribution in [0.5, 0.6) is 0 Å². The standard InChI is InChI=1S/C20H26FN5O/c1-22-20(24-10-8-16-5-2-3-7-18(16)21)25-15-17-6-4-9-23-19(17)26-11-13-27-14-12-26/h2-7,9H,8,10-15H2,1H3,(H2,22,24,25). The molecule has 1 aromatic carbocycles. The highest BCUT2D eigenvalue weighted by molar-refractivity contribution is 5.79. The van der Waals surface area contributed by atoms with Crippen molar-refractivity contribution in [1.29, 1.82) is 0 Å². The van der Waals surface area contributed by atoms with Gasteiger partial charge in [-0.25, -0.2) is 9.37 Å². The van der Waals surface area contributed by atoms with Crippen LogP contribution in [0.25, 0.3) is 0 Å². The Bertz CT molecular complexity index is 762. The number of guanidine groups is 1. The average Bonchev–Trinajstić information content (AvgIpc) is 2.72. The molecule has 1 aliphatic heterocycles. The van der Waals surface area contributed by atoms with Gasteiger partial charge in [0.1, 0.15) is 11.6 Å². The molecule has 2 N–H and O–H groups in total. The Balaban J connectivity index is 1.53. The summed E-state index contributed by atoms with van der Waals surface area (Å²) in [6.07, 6.45) is 2.41. The minimum absolute atomic E-state index is 0.173. The fourth-order valence-electron chi connectivity index (χ4n) is 3.04. The van der Waals surface area contributed by atoms with Gasteiger partial charge in [0.15, 0.2) is 5.96 Å². The second-order valence-corrected chi connectivity index (χ2v) is 6.28. The van der Waals surface area contributed by atoms with E-state index in [-0.39, 0.29) is 5.82 Å². The first-order chi connectivity index (χ1) is 13.3. The molecule has 1 aliphatic rings. The van der Waals surface area contributed by atoms with E-state index in [2.05, 4.69) is 31.6 Å². The van der Waals surface area contributed by atoms with E-state index in [4.69, 9.17) is 4.74 Å². The van der Waals surface area contributed by atoms with Gasteiger partial charge in [-0.05, 0) is 24.1 Å². The van der Waals surface area contributed by atoms with Crippen molar-refractivity contribution in [3.8, 4) is 0 Å². The number of hydrogen-bond acceptors (Lipinski definition) is 4. The molecule has 27 heavy (non-hydrogen) atoms. The fourth-order valence-corrected chi connectivity index (χ4v) is 3.04. The molecule has 0 aliphatic carbocycles. The van der Waals surface area contributed by atoms with E-state index in [0.717, 1.165) is 37.7 Å². The van der Waals surface area contributed by atoms with Gasteiger partial charge >= 0.3 is 0 Å². The topological polar surface area (TPSA) is 61.8 Å². The molecule has 0 unspecified atom stereocenters. The molecule has 0 amide bonds. The summed E-state index contributed by atoms with van der Waals surface area (Å²) < 4.78 is 19.1. The lowest BCUT2D eigenvalue weighted by Crippen LogP contribution is -2.40. The third-order valence-corrected chi connectivity index (χ3v) is 4.49. The Labute approximate surface area is 159 Å². The van der Waals surface area contributed by atoms with E-state index >= 15 is 0 Å². The van der Waals surface area contributed by atoms with E-state index in [1.54, 1.807) is 19.2 Å². The van der Waals surface area contributed by atoms with Crippen LogP contribution < -0.4 is 15.5 Å². The molecule has 1 fully saturated rings. The van der Waals surface area contributed by atoms with Crippen molar-refractivity contribution in [2.24, 2.45) is 4.99 Å². The first-order valence-corrected chi connectivity index (χ1v) is 9.22. The number of aromatic nitrogens is 1. The number of aliphatic imine (C=N–C) groups is 1. The number of pyridine rings is 1. The summed E-state index contributed by atoms with van der Waals surface area (Å²) in [4.78, 5) is 11.0. The van der Waals surface area contributed by atoms with Crippen LogP contribution in [0.3, 0.4) is 0 Å². The number of hydrogen-bond donors (Lipinski definition) is 2. The molecule has 0 saturated carbocycles. The summed E-state index contributed by atoms with van der Waals surface area (Å²) in [6.45, 7) is 4.36. The van der Waals surface area contributed by atoms with Crippen LogP contribution in [0.15, 0.2) is 47.6 Å². The minimum atomic E-state index is -0.173. The summed E-state index contributed by atoms with van der Waals surface area (Å²) in [5.41, 5.74) is 1.80. The van der Waals surface area contributed by atoms with Crippen LogP contribution in [0, 0.1) is 5.82 Å². The Morgan fingerprint density at radius 1 is 1.15 bits per heavy atom. The largest absolute Gasteiger partial charge is 0.378 e. The van der Waals surface area contributed by atoms with Gasteiger partial charge in [-0.2, -0.15) is 0 Å². The Kier molecular flexibility index (Phi) is 6.98. The Hall–Kier alpha value is -2.67. The fraction of sp³-hybridized carbons (Fsp3) is 0.400. The number of nitrogens with zero attached hydrogens (tertiary/aromatic N) is 3. The zero-order chi connectivity index (χ0) is 18.9. The van der Waals surface area contributed by atoms with Crippen molar-refractivity contribution in [2.45, 2.75) is 13.0 Å². The smallest absolute Gasteiger partial charge is 0.191 e. The van der Waals surface area contributed by atoms with Crippen molar-refractivity contribution >= 4 is 11.8 Å². The maximum atomic E-state index is 13.7. The molecule has 2 heterocycles. The molecule has 0 bridgehead atoms. The van der Waals surface area contributed by atoms with Crippen molar-refractivity contribution < 1.29 is 9.13 Å². The van der Waals surface area contributed by atoms with Crippen LogP contribution in [-0.2, 0) is 17.7 Å². The van der Waals surface area contributed by atoms with Gasteiger partial charge in [0.25, 0.3) is 0 Å². The molecule has 1 aromatic heterocycles. The van der Waals surface area contributed by atoms with Crippen LogP contribution in [0.4, 0.5) is 10.2 Å². The molecule has 3 rings (SSSR count). The molecule has 0 radical (unpaired) electrons. The minimum Gasteiger partial charge on any atom is -0.378 e. The lowest BCUT2D eigenvalue weighted by atomic mass is 10.1. The molecule has 0 spiro atoms. The second kappa shape index (κ2) is 9.87. The third kappa shape index (κ3) is 5.40. The van der Waals surface area contributed by atoms with Gasteiger partial charge in [0.2, 0.25) is 0 Å². The van der Waals surface area contributed by atoms with Gasteiger partial charge in [0.05, 0.1) is 13.2 Å². The molecule has 2 aromatic rings. The summed E-state index contributed by atoms with van der Waals surface area (Å²) >= 11 is 0. The normalized spacial score (nSPS) is 14.9. The number of benzene rings is 1. The number of nitrogens with one attached hydrogen (secondary N) is 2. The van der Waals surface area contributed by atoms with Crippen LogP contribution >= 0.6 is 0 Å². The molecule has 144 valence electrons. The highest BCUT2D eigenvalue weighted by Gasteiger charge is 2.15. The lowest BCUT2D eigenvalue weighted by molar-refractivity contribution is 0.122. The van der Waals surface area contributed by atoms with Crippen molar-refractivity contribution in [3.05, 3.63) is 59.5 Å². The first-order valence-electron chi connectivity index (χ1n) is 9.22. The van der Waals surface area contributed by atoms with Gasteiger partial charge in [-0.1, -0.05) is 24.3 Å². The monoisotopic (exact) mass is 371 g/mol. The quantitative estimate of drug-likeness (QED) is 0.601. The maximum Gasteiger partial charge on any atom is 0.191 e. The average molecular weight is 371 g/mol. The van der Waals surface area contributed by atoms with Gasteiger partial charge in [-0.3, -0.25) is 4.99 Å². The second-order valence-electron chi connectivity index (χ2n) is 6.28. The van der Waals surface area contributed by atoms with E-state index in [9.17, 15) is 4.39 Å². The van der Waals surface area contributed by atoms with E-state index in [1.807, 2.05) is 18.3 Å². The number of rotatable bonds is 6. The maximum absolute atomic E-state index is 13.7. The Morgan fingerprint density at radius 2 is 1.93 bits per heavy atom. The predicted molar refractivity (Wildman–Crippen MR) is 106 cm³/mol. The number of morpholine rings is 1. The van der Waals surface area contributed by atoms with Crippen LogP contribution in [0.1, 0.15) is 11.1 Å². The Morgan fingerprint density at radius 3 is 2.70 bits per heavy atom. The SMILES string of the molecule is CN=C(NCCc1ccccc1F)NCc1cccnc1N1CCOCC1. The van der Waals surface area contributed by atoms with Gasteiger partial charge in [-0.15, -0.1) is 0 Å². The third-order valence-electron chi connectivity index (χ3n) is 4.49. The van der Waals surface area contributed by atoms with Gasteiger partial charge in [0, 0.05) is 45.0 Å². The van der Waals surface area contributed by atoms with Gasteiger partial charge < -0.3 is 20.3 Å². The summed E-state index contributed by atoms with van der Waals surface area (Å²) in [7, 11) is 1.73. The van der Waals surface area contributed by atoms with E-state index in [0.29, 0.717) is 31.0 Å². The molecule has 7 heteroatoms. The molecule has 6 nitrogen and oxygen atoms in total. The highest BCUT2D eigenvalue weighted by atomic mass is 19.1. The zero-order valence-electron chi connectivity index (χ0n) is 15.6. The van der Waals surface area contributed by atoms with Crippen molar-refractivity contribution in [3.63, 3.8) is 0 Å². The lowest BCUT2D eigenvalue weighted by Gasteiger charge is -2.29. The van der Waals surface area contributed by atoms with Crippen LogP contribution in [0.2, 0.25) is 0 Å². The molecular formula is C20H26FN5O. The van der Waals surface area contributed by atoms with E-state index in [1.165, 1.54) is 6.07 Å². The van der Waals surface area contributed by atoms with Crippen molar-refractivity contribution in [2.75, 3.05) is 44.8 Å². The first kappa shape index (κ1) is 19.1. The summed E-state index contributed by atoms with van der Waals surface area (Å²) in [5, 5.41) is 6.55. The number of halogens is 1. The van der Waals surface area contributed by atoms with Crippen molar-refractivity contribution in [1.82, 2.24) is 15.6 Å².